The number of rotatable bonds is 9. The van der Waals surface area contributed by atoms with Crippen LogP contribution in [0.15, 0.2) is 53.9 Å². The van der Waals surface area contributed by atoms with E-state index in [0.717, 1.165) is 21.8 Å². The minimum absolute atomic E-state index is 0.112. The fourth-order valence-electron chi connectivity index (χ4n) is 2.93. The molecular weight excluding hydrogens is 422 g/mol. The zero-order valence-electron chi connectivity index (χ0n) is 17.1. The van der Waals surface area contributed by atoms with Crippen molar-refractivity contribution in [3.63, 3.8) is 0 Å². The number of aromatic nitrogens is 1. The minimum Gasteiger partial charge on any atom is -0.493 e. The summed E-state index contributed by atoms with van der Waals surface area (Å²) in [5.41, 5.74) is 3.42. The molecule has 0 saturated carbocycles. The number of hydrogen-bond acceptors (Lipinski definition) is 5. The van der Waals surface area contributed by atoms with E-state index in [2.05, 4.69) is 15.0 Å². The van der Waals surface area contributed by atoms with E-state index in [1.165, 1.54) is 25.3 Å². The van der Waals surface area contributed by atoms with E-state index in [1.807, 2.05) is 36.6 Å². The predicted octanol–water partition coefficient (Wildman–Crippen LogP) is 5.10. The van der Waals surface area contributed by atoms with Crippen LogP contribution in [0, 0.1) is 6.92 Å². The molecule has 1 amide bonds. The van der Waals surface area contributed by atoms with Gasteiger partial charge in [-0.05, 0) is 31.1 Å². The number of benzene rings is 2. The molecule has 0 atom stereocenters. The molecule has 1 heterocycles. The normalized spacial score (nSPS) is 11.1. The first-order chi connectivity index (χ1) is 15.0. The molecule has 8 heteroatoms. The van der Waals surface area contributed by atoms with Crippen molar-refractivity contribution in [1.29, 1.82) is 0 Å². The molecule has 0 spiro atoms. The van der Waals surface area contributed by atoms with Crippen LogP contribution >= 0.6 is 11.3 Å². The minimum atomic E-state index is -3.00. The smallest absolute Gasteiger partial charge is 0.387 e. The molecule has 162 valence electrons. The lowest BCUT2D eigenvalue weighted by Gasteiger charge is -2.12. The second-order valence-corrected chi connectivity index (χ2v) is 7.64. The Labute approximate surface area is 183 Å². The van der Waals surface area contributed by atoms with Crippen molar-refractivity contribution in [1.82, 2.24) is 10.3 Å². The number of thiazole rings is 1. The molecule has 1 aromatic heterocycles. The zero-order chi connectivity index (χ0) is 22.2. The topological polar surface area (TPSA) is 60.5 Å². The molecule has 0 radical (unpaired) electrons. The highest BCUT2D eigenvalue weighted by Crippen LogP contribution is 2.33. The lowest BCUT2D eigenvalue weighted by molar-refractivity contribution is -0.116. The maximum absolute atomic E-state index is 12.7. The van der Waals surface area contributed by atoms with Gasteiger partial charge in [0.25, 0.3) is 0 Å². The summed E-state index contributed by atoms with van der Waals surface area (Å²) in [7, 11) is 1.36. The molecule has 1 N–H and O–H groups in total. The Morgan fingerprint density at radius 2 is 2.00 bits per heavy atom. The number of ether oxygens (including phenoxy) is 2. The number of hydrogen-bond donors (Lipinski definition) is 1. The summed E-state index contributed by atoms with van der Waals surface area (Å²) < 4.78 is 34.9. The van der Waals surface area contributed by atoms with Crippen LogP contribution in [-0.4, -0.2) is 31.2 Å². The number of carbonyl (C=O) groups excluding carboxylic acids is 1. The molecule has 0 aliphatic carbocycles. The molecule has 0 fully saturated rings. The van der Waals surface area contributed by atoms with E-state index >= 15 is 0 Å². The number of methoxy groups -OCH3 is 1. The highest BCUT2D eigenvalue weighted by atomic mass is 32.1. The van der Waals surface area contributed by atoms with Crippen LogP contribution < -0.4 is 14.8 Å². The van der Waals surface area contributed by atoms with Gasteiger partial charge in [-0.1, -0.05) is 36.4 Å². The van der Waals surface area contributed by atoms with Crippen LogP contribution in [0.3, 0.4) is 0 Å². The van der Waals surface area contributed by atoms with Gasteiger partial charge in [-0.15, -0.1) is 11.3 Å². The van der Waals surface area contributed by atoms with Gasteiger partial charge in [0.15, 0.2) is 11.5 Å². The Balaban J connectivity index is 1.54. The van der Waals surface area contributed by atoms with Crippen LogP contribution in [0.1, 0.15) is 16.1 Å². The van der Waals surface area contributed by atoms with E-state index in [1.54, 1.807) is 23.5 Å². The van der Waals surface area contributed by atoms with Crippen molar-refractivity contribution < 1.29 is 23.0 Å². The number of para-hydroxylation sites is 1. The Morgan fingerprint density at radius 1 is 1.23 bits per heavy atom. The quantitative estimate of drug-likeness (QED) is 0.467. The van der Waals surface area contributed by atoms with Gasteiger partial charge in [0.1, 0.15) is 0 Å². The number of halogens is 2. The summed E-state index contributed by atoms with van der Waals surface area (Å²) in [6, 6.07) is 12.8. The average Bonchev–Trinajstić information content (AvgIpc) is 3.19. The maximum Gasteiger partial charge on any atom is 0.387 e. The third-order valence-corrected chi connectivity index (χ3v) is 5.21. The second kappa shape index (κ2) is 10.7. The van der Waals surface area contributed by atoms with E-state index in [-0.39, 0.29) is 17.4 Å². The van der Waals surface area contributed by atoms with Crippen molar-refractivity contribution in [2.24, 2.45) is 0 Å². The van der Waals surface area contributed by atoms with Crippen LogP contribution in [0.2, 0.25) is 0 Å². The number of aryl methyl sites for hydroxylation is 1. The van der Waals surface area contributed by atoms with Gasteiger partial charge in [0, 0.05) is 29.1 Å². The summed E-state index contributed by atoms with van der Waals surface area (Å²) in [4.78, 5) is 16.6. The number of nitrogens with one attached hydrogen (secondary N) is 1. The number of amides is 1. The Kier molecular flexibility index (Phi) is 7.72. The molecule has 0 saturated heterocycles. The second-order valence-electron chi connectivity index (χ2n) is 6.58. The van der Waals surface area contributed by atoms with Gasteiger partial charge in [-0.2, -0.15) is 8.78 Å². The maximum atomic E-state index is 12.7. The SMILES string of the molecule is COc1cccc(/C=C/C(=O)NCCc2ccc(-c3csc(C)n3)cc2)c1OC(F)F. The molecule has 0 bridgehead atoms. The molecular formula is C23H22F2N2O3S. The van der Waals surface area contributed by atoms with Crippen LogP contribution in [0.4, 0.5) is 8.78 Å². The highest BCUT2D eigenvalue weighted by molar-refractivity contribution is 7.09. The molecule has 2 aromatic carbocycles. The molecule has 3 aromatic rings. The van der Waals surface area contributed by atoms with Crippen molar-refractivity contribution in [3.8, 4) is 22.8 Å². The van der Waals surface area contributed by atoms with E-state index in [9.17, 15) is 13.6 Å². The third-order valence-electron chi connectivity index (χ3n) is 4.43. The Hall–Kier alpha value is -3.26. The molecule has 5 nitrogen and oxygen atoms in total. The first-order valence-corrected chi connectivity index (χ1v) is 10.4. The molecule has 31 heavy (non-hydrogen) atoms. The predicted molar refractivity (Wildman–Crippen MR) is 118 cm³/mol. The van der Waals surface area contributed by atoms with Crippen molar-refractivity contribution in [3.05, 3.63) is 70.1 Å². The fraction of sp³-hybridized carbons (Fsp3) is 0.217. The molecule has 0 unspecified atom stereocenters. The number of nitrogens with zero attached hydrogens (tertiary/aromatic N) is 1. The fourth-order valence-corrected chi connectivity index (χ4v) is 3.55. The monoisotopic (exact) mass is 444 g/mol. The van der Waals surface area contributed by atoms with Gasteiger partial charge in [0.2, 0.25) is 5.91 Å². The number of carbonyl (C=O) groups is 1. The lowest BCUT2D eigenvalue weighted by Crippen LogP contribution is -2.23. The van der Waals surface area contributed by atoms with Crippen molar-refractivity contribution in [2.75, 3.05) is 13.7 Å². The third kappa shape index (κ3) is 6.36. The Bertz CT molecular complexity index is 1050. The first kappa shape index (κ1) is 22.4. The van der Waals surface area contributed by atoms with Gasteiger partial charge >= 0.3 is 6.61 Å². The van der Waals surface area contributed by atoms with E-state index in [0.29, 0.717) is 18.5 Å². The van der Waals surface area contributed by atoms with Gasteiger partial charge in [-0.25, -0.2) is 4.98 Å². The Morgan fingerprint density at radius 3 is 2.65 bits per heavy atom. The van der Waals surface area contributed by atoms with Gasteiger partial charge < -0.3 is 14.8 Å². The van der Waals surface area contributed by atoms with Crippen LogP contribution in [-0.2, 0) is 11.2 Å². The first-order valence-electron chi connectivity index (χ1n) is 9.55. The lowest BCUT2D eigenvalue weighted by atomic mass is 10.1. The van der Waals surface area contributed by atoms with E-state index < -0.39 is 6.61 Å². The molecule has 3 rings (SSSR count). The summed E-state index contributed by atoms with van der Waals surface area (Å²) in [5, 5.41) is 5.83. The average molecular weight is 445 g/mol. The van der Waals surface area contributed by atoms with Gasteiger partial charge in [-0.3, -0.25) is 4.79 Å². The molecule has 0 aliphatic rings. The van der Waals surface area contributed by atoms with Crippen LogP contribution in [0.5, 0.6) is 11.5 Å². The van der Waals surface area contributed by atoms with Crippen LogP contribution in [0.25, 0.3) is 17.3 Å². The zero-order valence-corrected chi connectivity index (χ0v) is 17.9. The van der Waals surface area contributed by atoms with E-state index in [4.69, 9.17) is 4.74 Å². The largest absolute Gasteiger partial charge is 0.493 e. The summed E-state index contributed by atoms with van der Waals surface area (Å²) >= 11 is 1.61. The summed E-state index contributed by atoms with van der Waals surface area (Å²) in [6.07, 6.45) is 3.36. The highest BCUT2D eigenvalue weighted by Gasteiger charge is 2.14. The summed E-state index contributed by atoms with van der Waals surface area (Å²) in [5.74, 6) is -0.279. The molecule has 0 aliphatic heterocycles. The van der Waals surface area contributed by atoms with Crippen molar-refractivity contribution in [2.45, 2.75) is 20.0 Å². The van der Waals surface area contributed by atoms with Crippen molar-refractivity contribution >= 4 is 23.3 Å². The van der Waals surface area contributed by atoms with Gasteiger partial charge in [0.05, 0.1) is 17.8 Å². The number of alkyl halides is 2. The summed E-state index contributed by atoms with van der Waals surface area (Å²) in [6.45, 7) is -0.583. The standard InChI is InChI=1S/C23H22F2N2O3S/c1-15-27-19(14-31-15)17-8-6-16(7-9-17)12-13-26-21(28)11-10-18-4-3-5-20(29-2)22(18)30-23(24)25/h3-11,14,23H,12-13H2,1-2H3,(H,26,28)/b11-10+.